The summed E-state index contributed by atoms with van der Waals surface area (Å²) in [6.45, 7) is 16.5. The monoisotopic (exact) mass is 642 g/mol. The predicted octanol–water partition coefficient (Wildman–Crippen LogP) is 6.57. The minimum absolute atomic E-state index is 0.0131. The van der Waals surface area contributed by atoms with E-state index in [0.717, 1.165) is 16.8 Å². The quantitative estimate of drug-likeness (QED) is 0.242. The van der Waals surface area contributed by atoms with Gasteiger partial charge < -0.3 is 19.3 Å². The van der Waals surface area contributed by atoms with Crippen molar-refractivity contribution in [2.45, 2.75) is 91.8 Å². The first-order valence-electron chi connectivity index (χ1n) is 16.4. The van der Waals surface area contributed by atoms with Crippen LogP contribution in [0.3, 0.4) is 0 Å². The van der Waals surface area contributed by atoms with Gasteiger partial charge in [0, 0.05) is 36.9 Å². The maximum absolute atomic E-state index is 16.4. The van der Waals surface area contributed by atoms with Crippen LogP contribution < -0.4 is 15.3 Å². The van der Waals surface area contributed by atoms with Gasteiger partial charge in [0.15, 0.2) is 11.5 Å². The van der Waals surface area contributed by atoms with Crippen molar-refractivity contribution in [3.8, 4) is 22.7 Å². The molecule has 5 heterocycles. The molecule has 2 bridgehead atoms. The maximum atomic E-state index is 16.4. The van der Waals surface area contributed by atoms with Crippen molar-refractivity contribution < 1.29 is 18.7 Å². The zero-order chi connectivity index (χ0) is 33.8. The zero-order valence-electron chi connectivity index (χ0n) is 28.4. The molecule has 3 aromatic heterocycles. The van der Waals surface area contributed by atoms with Crippen LogP contribution in [0.25, 0.3) is 28.0 Å². The molecule has 0 radical (unpaired) electrons. The van der Waals surface area contributed by atoms with Gasteiger partial charge in [-0.3, -0.25) is 4.98 Å². The van der Waals surface area contributed by atoms with Crippen LogP contribution in [0.15, 0.2) is 41.3 Å². The van der Waals surface area contributed by atoms with E-state index < -0.39 is 23.2 Å². The molecule has 10 nitrogen and oxygen atoms in total. The number of pyridine rings is 2. The van der Waals surface area contributed by atoms with Gasteiger partial charge in [-0.25, -0.2) is 23.5 Å². The number of piperazine rings is 1. The number of anilines is 1. The lowest BCUT2D eigenvalue weighted by Crippen LogP contribution is -2.59. The standard InChI is InChI=1S/C36H43FN6O4/c1-20(2)28-30-24(14-15-38-28)12-10-16-46-31-21(3)11-9-13-25(31)29-27(37)17-26-32(40-34(44)43(30)33(26)39-29)41-18-23(5)42(19-22(41)4)35(45)47-36(6,7)8/h9,11,13-15,17,20,22-23H,10,12,16,18-19H2,1-8H3/t22-,23+/m0/s1. The van der Waals surface area contributed by atoms with E-state index in [0.29, 0.717) is 60.7 Å². The number of halogens is 1. The van der Waals surface area contributed by atoms with Crippen molar-refractivity contribution in [2.75, 3.05) is 24.6 Å². The first kappa shape index (κ1) is 32.4. The number of fused-ring (bicyclic) bond motifs is 5. The number of benzene rings is 1. The highest BCUT2D eigenvalue weighted by atomic mass is 19.1. The van der Waals surface area contributed by atoms with Gasteiger partial charge in [0.2, 0.25) is 0 Å². The van der Waals surface area contributed by atoms with E-state index in [1.165, 1.54) is 10.6 Å². The van der Waals surface area contributed by atoms with Crippen LogP contribution >= 0.6 is 0 Å². The molecule has 47 heavy (non-hydrogen) atoms. The Bertz CT molecular complexity index is 1920. The van der Waals surface area contributed by atoms with Gasteiger partial charge >= 0.3 is 11.8 Å². The fourth-order valence-electron chi connectivity index (χ4n) is 6.57. The van der Waals surface area contributed by atoms with Crippen LogP contribution in [0.5, 0.6) is 5.75 Å². The van der Waals surface area contributed by atoms with E-state index in [2.05, 4.69) is 4.98 Å². The van der Waals surface area contributed by atoms with E-state index in [4.69, 9.17) is 19.4 Å². The van der Waals surface area contributed by atoms with Crippen molar-refractivity contribution in [3.63, 3.8) is 0 Å². The molecule has 248 valence electrons. The molecular weight excluding hydrogens is 599 g/mol. The lowest BCUT2D eigenvalue weighted by Gasteiger charge is -2.44. The molecule has 1 amide bonds. The lowest BCUT2D eigenvalue weighted by molar-refractivity contribution is 0.0130. The smallest absolute Gasteiger partial charge is 0.410 e. The Hall–Kier alpha value is -4.54. The average Bonchev–Trinajstić information content (AvgIpc) is 2.99. The number of hydrogen-bond acceptors (Lipinski definition) is 8. The molecule has 0 aliphatic carbocycles. The number of rotatable bonds is 2. The van der Waals surface area contributed by atoms with Gasteiger partial charge in [-0.05, 0) is 89.6 Å². The molecule has 1 saturated heterocycles. The topological polar surface area (TPSA) is 103 Å². The zero-order valence-corrected chi connectivity index (χ0v) is 28.4. The highest BCUT2D eigenvalue weighted by Gasteiger charge is 2.37. The third-order valence-corrected chi connectivity index (χ3v) is 8.80. The molecular formula is C36H43FN6O4. The van der Waals surface area contributed by atoms with Crippen LogP contribution in [0, 0.1) is 12.7 Å². The van der Waals surface area contributed by atoms with Crippen LogP contribution in [0.2, 0.25) is 0 Å². The second kappa shape index (κ2) is 12.2. The number of aryl methyl sites for hydroxylation is 2. The minimum atomic E-state index is -0.636. The normalized spacial score (nSPS) is 18.3. The molecule has 1 aromatic carbocycles. The van der Waals surface area contributed by atoms with Gasteiger partial charge in [0.25, 0.3) is 0 Å². The molecule has 2 atom stereocenters. The molecule has 1 fully saturated rings. The Morgan fingerprint density at radius 3 is 2.60 bits per heavy atom. The average molecular weight is 643 g/mol. The summed E-state index contributed by atoms with van der Waals surface area (Å²) in [6, 6.07) is 8.40. The van der Waals surface area contributed by atoms with E-state index in [9.17, 15) is 9.59 Å². The van der Waals surface area contributed by atoms with Crippen LogP contribution in [-0.4, -0.2) is 67.9 Å². The highest BCUT2D eigenvalue weighted by molar-refractivity contribution is 5.91. The highest BCUT2D eigenvalue weighted by Crippen LogP contribution is 2.38. The summed E-state index contributed by atoms with van der Waals surface area (Å²) in [4.78, 5) is 45.4. The number of nitrogens with zero attached hydrogens (tertiary/aromatic N) is 6. The second-order valence-corrected chi connectivity index (χ2v) is 14.0. The fraction of sp³-hybridized carbons (Fsp3) is 0.472. The van der Waals surface area contributed by atoms with Gasteiger partial charge in [-0.2, -0.15) is 4.98 Å². The van der Waals surface area contributed by atoms with E-state index >= 15 is 4.39 Å². The largest absolute Gasteiger partial charge is 0.493 e. The molecule has 0 saturated carbocycles. The summed E-state index contributed by atoms with van der Waals surface area (Å²) < 4.78 is 29.9. The molecule has 0 N–H and O–H groups in total. The number of hydrogen-bond donors (Lipinski definition) is 0. The Morgan fingerprint density at radius 2 is 1.87 bits per heavy atom. The van der Waals surface area contributed by atoms with E-state index in [1.54, 1.807) is 17.2 Å². The Labute approximate surface area is 274 Å². The van der Waals surface area contributed by atoms with E-state index in [1.807, 2.05) is 78.5 Å². The molecule has 4 aromatic rings. The lowest BCUT2D eigenvalue weighted by atomic mass is 10.0. The summed E-state index contributed by atoms with van der Waals surface area (Å²) in [5.74, 6) is 0.329. The fourth-order valence-corrected chi connectivity index (χ4v) is 6.57. The summed E-state index contributed by atoms with van der Waals surface area (Å²) in [5.41, 5.74) is 2.88. The Morgan fingerprint density at radius 1 is 1.11 bits per heavy atom. The predicted molar refractivity (Wildman–Crippen MR) is 180 cm³/mol. The molecule has 11 heteroatoms. The summed E-state index contributed by atoms with van der Waals surface area (Å²) in [7, 11) is 0. The Kier molecular flexibility index (Phi) is 8.44. The maximum Gasteiger partial charge on any atom is 0.410 e. The molecule has 0 spiro atoms. The number of aromatic nitrogens is 4. The second-order valence-electron chi connectivity index (χ2n) is 14.0. The van der Waals surface area contributed by atoms with E-state index in [-0.39, 0.29) is 29.3 Å². The number of ether oxygens (including phenoxy) is 2. The summed E-state index contributed by atoms with van der Waals surface area (Å²) >= 11 is 0. The number of para-hydroxylation sites is 1. The Balaban J connectivity index is 1.61. The molecule has 0 unspecified atom stereocenters. The number of carbonyl (C=O) groups is 1. The van der Waals surface area contributed by atoms with Crippen molar-refractivity contribution in [3.05, 3.63) is 69.7 Å². The first-order chi connectivity index (χ1) is 22.2. The van der Waals surface area contributed by atoms with Gasteiger partial charge in [0.1, 0.15) is 22.9 Å². The van der Waals surface area contributed by atoms with Crippen molar-refractivity contribution in [2.24, 2.45) is 0 Å². The number of carbonyl (C=O) groups excluding carboxylic acids is 1. The molecule has 2 aliphatic rings. The SMILES string of the molecule is Cc1cccc2c1OCCCc1ccnc(C(C)C)c1-n1c(=O)nc(N3C[C@@H](C)N(C(=O)OC(C)(C)C)C[C@@H]3C)c3cc(F)c-2nc31. The van der Waals surface area contributed by atoms with Crippen molar-refractivity contribution in [1.82, 2.24) is 24.4 Å². The summed E-state index contributed by atoms with van der Waals surface area (Å²) in [5, 5.41) is 0.396. The van der Waals surface area contributed by atoms with Crippen LogP contribution in [-0.2, 0) is 11.2 Å². The minimum Gasteiger partial charge on any atom is -0.493 e. The number of amides is 1. The van der Waals surface area contributed by atoms with Gasteiger partial charge in [-0.1, -0.05) is 26.0 Å². The van der Waals surface area contributed by atoms with Crippen LogP contribution in [0.4, 0.5) is 15.0 Å². The van der Waals surface area contributed by atoms with Crippen molar-refractivity contribution in [1.29, 1.82) is 0 Å². The van der Waals surface area contributed by atoms with Gasteiger partial charge in [-0.15, -0.1) is 0 Å². The van der Waals surface area contributed by atoms with Crippen LogP contribution in [0.1, 0.15) is 77.6 Å². The third kappa shape index (κ3) is 6.03. The van der Waals surface area contributed by atoms with Crippen molar-refractivity contribution >= 4 is 22.9 Å². The summed E-state index contributed by atoms with van der Waals surface area (Å²) in [6.07, 6.45) is 2.67. The van der Waals surface area contributed by atoms with Gasteiger partial charge in [0.05, 0.1) is 23.4 Å². The first-order valence-corrected chi connectivity index (χ1v) is 16.4. The third-order valence-electron chi connectivity index (χ3n) is 8.80. The molecule has 6 rings (SSSR count). The molecule has 2 aliphatic heterocycles.